The van der Waals surface area contributed by atoms with Crippen LogP contribution in [0.4, 0.5) is 26.3 Å². The lowest BCUT2D eigenvalue weighted by molar-refractivity contribution is -0.275. The van der Waals surface area contributed by atoms with Crippen molar-refractivity contribution in [3.05, 3.63) is 23.8 Å². The average molecular weight is 451 g/mol. The first-order valence-electron chi connectivity index (χ1n) is 7.45. The highest BCUT2D eigenvalue weighted by Gasteiger charge is 2.49. The van der Waals surface area contributed by atoms with Gasteiger partial charge in [0.25, 0.3) is 5.91 Å². The summed E-state index contributed by atoms with van der Waals surface area (Å²) in [6.45, 7) is 0.0643. The van der Waals surface area contributed by atoms with Crippen molar-refractivity contribution >= 4 is 22.0 Å². The highest BCUT2D eigenvalue weighted by molar-refractivity contribution is 7.88. The number of rotatable bonds is 5. The molecule has 8 nitrogen and oxygen atoms in total. The third kappa shape index (κ3) is 5.02. The molecule has 0 aromatic heterocycles. The minimum atomic E-state index is -6.30. The van der Waals surface area contributed by atoms with Crippen LogP contribution >= 0.6 is 0 Å². The normalized spacial score (nSPS) is 17.3. The maximum absolute atomic E-state index is 12.6. The van der Waals surface area contributed by atoms with Gasteiger partial charge in [-0.3, -0.25) is 4.79 Å². The van der Waals surface area contributed by atoms with Crippen LogP contribution in [-0.2, 0) is 19.6 Å². The van der Waals surface area contributed by atoms with Gasteiger partial charge in [-0.2, -0.15) is 21.6 Å². The van der Waals surface area contributed by atoms with Crippen LogP contribution < -0.4 is 8.92 Å². The number of likely N-dealkylation sites (tertiary alicyclic amines) is 1. The number of esters is 1. The molecule has 1 heterocycles. The molecule has 1 aromatic carbocycles. The van der Waals surface area contributed by atoms with Gasteiger partial charge in [0, 0.05) is 12.1 Å². The molecule has 15 heteroatoms. The van der Waals surface area contributed by atoms with Gasteiger partial charge in [0.05, 0.1) is 7.11 Å². The van der Waals surface area contributed by atoms with E-state index >= 15 is 0 Å². The Balaban J connectivity index is 2.39. The van der Waals surface area contributed by atoms with Gasteiger partial charge in [-0.25, -0.2) is 4.79 Å². The van der Waals surface area contributed by atoms with Gasteiger partial charge in [0.1, 0.15) is 6.04 Å². The zero-order valence-electron chi connectivity index (χ0n) is 14.2. The van der Waals surface area contributed by atoms with Crippen LogP contribution in [0.5, 0.6) is 11.5 Å². The summed E-state index contributed by atoms with van der Waals surface area (Å²) >= 11 is 0. The zero-order valence-corrected chi connectivity index (χ0v) is 15.0. The number of halogens is 6. The van der Waals surface area contributed by atoms with E-state index < -0.39 is 57.0 Å². The smallest absolute Gasteiger partial charge is 0.467 e. The minimum Gasteiger partial charge on any atom is -0.467 e. The van der Waals surface area contributed by atoms with Crippen molar-refractivity contribution in [3.8, 4) is 11.5 Å². The molecular weight excluding hydrogens is 440 g/mol. The molecule has 2 rings (SSSR count). The summed E-state index contributed by atoms with van der Waals surface area (Å²) in [7, 11) is -5.24. The molecule has 0 saturated carbocycles. The first kappa shape index (κ1) is 22.6. The summed E-state index contributed by atoms with van der Waals surface area (Å²) in [6, 6.07) is 0.481. The van der Waals surface area contributed by atoms with E-state index in [-0.39, 0.29) is 13.0 Å². The van der Waals surface area contributed by atoms with Crippen LogP contribution in [0.1, 0.15) is 16.8 Å². The molecule has 1 aromatic rings. The number of carbonyl (C=O) groups is 2. The van der Waals surface area contributed by atoms with Gasteiger partial charge in [-0.05, 0) is 24.6 Å². The fourth-order valence-electron chi connectivity index (χ4n) is 2.26. The van der Waals surface area contributed by atoms with E-state index in [1.807, 2.05) is 0 Å². The highest BCUT2D eigenvalue weighted by atomic mass is 32.2. The summed E-state index contributed by atoms with van der Waals surface area (Å²) in [5.74, 6) is -4.66. The second-order valence-electron chi connectivity index (χ2n) is 5.52. The first-order valence-corrected chi connectivity index (χ1v) is 8.86. The van der Waals surface area contributed by atoms with Crippen molar-refractivity contribution < 1.29 is 58.0 Å². The molecule has 0 aliphatic carbocycles. The van der Waals surface area contributed by atoms with Gasteiger partial charge >= 0.3 is 28.0 Å². The van der Waals surface area contributed by atoms with E-state index in [0.717, 1.165) is 18.1 Å². The highest BCUT2D eigenvalue weighted by Crippen LogP contribution is 2.37. The van der Waals surface area contributed by atoms with Crippen LogP contribution in [0, 0.1) is 0 Å². The zero-order chi connectivity index (χ0) is 22.2. The van der Waals surface area contributed by atoms with Crippen LogP contribution in [0.2, 0.25) is 0 Å². The third-order valence-corrected chi connectivity index (χ3v) is 4.62. The Morgan fingerprint density at radius 3 is 2.17 bits per heavy atom. The number of hydrogen-bond acceptors (Lipinski definition) is 7. The van der Waals surface area contributed by atoms with E-state index in [4.69, 9.17) is 0 Å². The predicted octanol–water partition coefficient (Wildman–Crippen LogP) is 2.20. The molecule has 1 unspecified atom stereocenters. The van der Waals surface area contributed by atoms with Gasteiger partial charge in [0.2, 0.25) is 0 Å². The number of carbonyl (C=O) groups excluding carboxylic acids is 2. The van der Waals surface area contributed by atoms with Crippen molar-refractivity contribution in [2.45, 2.75) is 24.3 Å². The number of alkyl halides is 6. The Kier molecular flexibility index (Phi) is 5.92. The molecule has 0 radical (unpaired) electrons. The Bertz CT molecular complexity index is 912. The molecule has 1 aliphatic rings. The lowest BCUT2D eigenvalue weighted by Gasteiger charge is -2.38. The number of amides is 1. The number of ether oxygens (including phenoxy) is 2. The lowest BCUT2D eigenvalue weighted by Crippen LogP contribution is -2.55. The maximum atomic E-state index is 12.6. The summed E-state index contributed by atoms with van der Waals surface area (Å²) in [5, 5.41) is 0. The van der Waals surface area contributed by atoms with Crippen molar-refractivity contribution in [1.82, 2.24) is 4.90 Å². The Morgan fingerprint density at radius 2 is 1.72 bits per heavy atom. The molecule has 1 fully saturated rings. The predicted molar refractivity (Wildman–Crippen MR) is 80.2 cm³/mol. The fourth-order valence-corrected chi connectivity index (χ4v) is 2.73. The number of hydrogen-bond donors (Lipinski definition) is 0. The number of nitrogens with zero attached hydrogens (tertiary/aromatic N) is 1. The molecule has 1 saturated heterocycles. The summed E-state index contributed by atoms with van der Waals surface area (Å²) in [6.07, 6.45) is -5.21. The SMILES string of the molecule is COC(=O)C1CCN1C(=O)c1ccc(OS(=O)(=O)C(F)(F)F)c(OC(F)(F)F)c1. The quantitative estimate of drug-likeness (QED) is 0.293. The van der Waals surface area contributed by atoms with Crippen LogP contribution in [0.15, 0.2) is 18.2 Å². The van der Waals surface area contributed by atoms with Crippen molar-refractivity contribution in [2.24, 2.45) is 0 Å². The number of benzene rings is 1. The van der Waals surface area contributed by atoms with E-state index in [0.29, 0.717) is 12.1 Å². The van der Waals surface area contributed by atoms with Crippen molar-refractivity contribution in [1.29, 1.82) is 0 Å². The Hall–Kier alpha value is -2.71. The van der Waals surface area contributed by atoms with E-state index in [1.54, 1.807) is 0 Å². The second-order valence-corrected chi connectivity index (χ2v) is 7.06. The largest absolute Gasteiger partial charge is 0.573 e. The topological polar surface area (TPSA) is 99.2 Å². The van der Waals surface area contributed by atoms with Crippen LogP contribution in [-0.4, -0.2) is 56.8 Å². The first-order chi connectivity index (χ1) is 13.2. The number of methoxy groups -OCH3 is 1. The van der Waals surface area contributed by atoms with Crippen LogP contribution in [0.25, 0.3) is 0 Å². The molecule has 162 valence electrons. The van der Waals surface area contributed by atoms with Gasteiger partial charge in [0.15, 0.2) is 11.5 Å². The molecule has 0 N–H and O–H groups in total. The molecule has 29 heavy (non-hydrogen) atoms. The maximum Gasteiger partial charge on any atom is 0.573 e. The van der Waals surface area contributed by atoms with Crippen LogP contribution in [0.3, 0.4) is 0 Å². The van der Waals surface area contributed by atoms with Gasteiger partial charge < -0.3 is 18.6 Å². The van der Waals surface area contributed by atoms with Gasteiger partial charge in [-0.15, -0.1) is 13.2 Å². The van der Waals surface area contributed by atoms with E-state index in [2.05, 4.69) is 13.7 Å². The monoisotopic (exact) mass is 451 g/mol. The standard InChI is InChI=1S/C14H11F6NO7S/c1-26-12(23)8-4-5-21(8)11(22)7-2-3-9(10(6-7)27-13(15,16)17)28-29(24,25)14(18,19)20/h2-3,6,8H,4-5H2,1H3. The molecular formula is C14H11F6NO7S. The molecule has 0 spiro atoms. The van der Waals surface area contributed by atoms with E-state index in [9.17, 15) is 44.3 Å². The molecule has 1 amide bonds. The van der Waals surface area contributed by atoms with Crippen molar-refractivity contribution in [2.75, 3.05) is 13.7 Å². The fraction of sp³-hybridized carbons (Fsp3) is 0.429. The lowest BCUT2D eigenvalue weighted by atomic mass is 10.0. The van der Waals surface area contributed by atoms with Crippen molar-refractivity contribution in [3.63, 3.8) is 0 Å². The third-order valence-electron chi connectivity index (χ3n) is 3.65. The second kappa shape index (κ2) is 7.61. The minimum absolute atomic E-state index is 0.0643. The summed E-state index contributed by atoms with van der Waals surface area (Å²) < 4.78 is 109. The summed E-state index contributed by atoms with van der Waals surface area (Å²) in [5.41, 5.74) is -6.43. The Morgan fingerprint density at radius 1 is 1.10 bits per heavy atom. The van der Waals surface area contributed by atoms with Gasteiger partial charge in [-0.1, -0.05) is 0 Å². The Labute approximate surface area is 159 Å². The molecule has 1 aliphatic heterocycles. The summed E-state index contributed by atoms with van der Waals surface area (Å²) in [4.78, 5) is 24.8. The average Bonchev–Trinajstić information content (AvgIpc) is 2.52. The molecule has 0 bridgehead atoms. The van der Waals surface area contributed by atoms with E-state index in [1.165, 1.54) is 0 Å². The molecule has 1 atom stereocenters.